The van der Waals surface area contributed by atoms with Crippen molar-refractivity contribution in [3.63, 3.8) is 0 Å². The van der Waals surface area contributed by atoms with Gasteiger partial charge in [0, 0.05) is 37.1 Å². The number of amides is 5. The second-order valence-corrected chi connectivity index (χ2v) is 10.4. The summed E-state index contributed by atoms with van der Waals surface area (Å²) in [5.41, 5.74) is 1.13. The van der Waals surface area contributed by atoms with Crippen LogP contribution in [-0.4, -0.2) is 83.1 Å². The lowest BCUT2D eigenvalue weighted by molar-refractivity contribution is -0.133. The average Bonchev–Trinajstić information content (AvgIpc) is 3.45. The maximum Gasteiger partial charge on any atom is 0.317 e. The van der Waals surface area contributed by atoms with Gasteiger partial charge in [0.2, 0.25) is 5.91 Å². The summed E-state index contributed by atoms with van der Waals surface area (Å²) >= 11 is 0. The van der Waals surface area contributed by atoms with E-state index in [9.17, 15) is 24.3 Å². The highest BCUT2D eigenvalue weighted by molar-refractivity contribution is 6.00. The third-order valence-corrected chi connectivity index (χ3v) is 6.71. The van der Waals surface area contributed by atoms with Crippen molar-refractivity contribution in [3.8, 4) is 0 Å². The van der Waals surface area contributed by atoms with Crippen LogP contribution in [0.3, 0.4) is 0 Å². The molecule has 11 nitrogen and oxygen atoms in total. The molecule has 1 aromatic carbocycles. The lowest BCUT2D eigenvalue weighted by Gasteiger charge is -2.29. The molecule has 3 atom stereocenters. The first-order valence-electron chi connectivity index (χ1n) is 12.9. The Kier molecular flexibility index (Phi) is 8.32. The SMILES string of the molecule is CC(C)C[C@H](NC(=O)c1cc2ccccc2[nH]1)C(=O)N[C@@H](CN1CCNC1=O)C(O)C(=O)NCC1CC1. The molecule has 1 aromatic heterocycles. The van der Waals surface area contributed by atoms with E-state index in [1.54, 1.807) is 6.07 Å². The molecule has 37 heavy (non-hydrogen) atoms. The highest BCUT2D eigenvalue weighted by Gasteiger charge is 2.35. The number of aromatic amines is 1. The van der Waals surface area contributed by atoms with Crippen LogP contribution in [0, 0.1) is 11.8 Å². The van der Waals surface area contributed by atoms with Crippen LogP contribution in [0.4, 0.5) is 4.79 Å². The van der Waals surface area contributed by atoms with Crippen molar-refractivity contribution in [2.24, 2.45) is 11.8 Å². The summed E-state index contributed by atoms with van der Waals surface area (Å²) in [5.74, 6) is -1.07. The third-order valence-electron chi connectivity index (χ3n) is 6.71. The topological polar surface area (TPSA) is 156 Å². The van der Waals surface area contributed by atoms with Crippen molar-refractivity contribution in [1.82, 2.24) is 31.2 Å². The number of aliphatic hydroxyl groups is 1. The first-order chi connectivity index (χ1) is 17.7. The lowest BCUT2D eigenvalue weighted by Crippen LogP contribution is -2.59. The standard InChI is InChI=1S/C26H36N6O5/c1-15(2)11-19(30-24(35)20-12-17-5-3-4-6-18(17)29-20)23(34)31-21(14-32-10-9-27-26(32)37)22(33)25(36)28-13-16-7-8-16/h3-6,12,15-16,19,21-22,29,33H,7-11,13-14H2,1-2H3,(H,27,37)(H,28,36)(H,30,35)(H,31,34)/t19-,21-,22?/m0/s1. The van der Waals surface area contributed by atoms with Crippen LogP contribution in [0.1, 0.15) is 43.6 Å². The van der Waals surface area contributed by atoms with Gasteiger partial charge < -0.3 is 36.3 Å². The van der Waals surface area contributed by atoms with E-state index < -0.39 is 35.9 Å². The number of fused-ring (bicyclic) bond motifs is 1. The Labute approximate surface area is 215 Å². The van der Waals surface area contributed by atoms with Gasteiger partial charge in [0.15, 0.2) is 6.10 Å². The number of hydrogen-bond acceptors (Lipinski definition) is 5. The summed E-state index contributed by atoms with van der Waals surface area (Å²) < 4.78 is 0. The van der Waals surface area contributed by atoms with Crippen LogP contribution < -0.4 is 21.3 Å². The molecule has 2 aliphatic rings. The molecule has 2 heterocycles. The predicted octanol–water partition coefficient (Wildman–Crippen LogP) is 0.710. The fraction of sp³-hybridized carbons (Fsp3) is 0.538. The zero-order valence-corrected chi connectivity index (χ0v) is 21.3. The van der Waals surface area contributed by atoms with Crippen LogP contribution in [-0.2, 0) is 9.59 Å². The molecule has 6 N–H and O–H groups in total. The quantitative estimate of drug-likeness (QED) is 0.247. The second kappa shape index (κ2) is 11.6. The Morgan fingerprint density at radius 3 is 2.54 bits per heavy atom. The molecule has 1 aliphatic carbocycles. The van der Waals surface area contributed by atoms with E-state index in [4.69, 9.17) is 0 Å². The molecule has 200 valence electrons. The zero-order chi connectivity index (χ0) is 26.5. The molecule has 11 heteroatoms. The van der Waals surface area contributed by atoms with Crippen molar-refractivity contribution >= 4 is 34.7 Å². The summed E-state index contributed by atoms with van der Waals surface area (Å²) in [7, 11) is 0. The minimum Gasteiger partial charge on any atom is -0.381 e. The molecule has 2 fully saturated rings. The molecule has 0 spiro atoms. The van der Waals surface area contributed by atoms with Gasteiger partial charge in [-0.1, -0.05) is 32.0 Å². The average molecular weight is 513 g/mol. The number of rotatable bonds is 12. The van der Waals surface area contributed by atoms with Crippen LogP contribution in [0.15, 0.2) is 30.3 Å². The number of aliphatic hydroxyl groups excluding tert-OH is 1. The van der Waals surface area contributed by atoms with E-state index in [0.717, 1.165) is 23.7 Å². The highest BCUT2D eigenvalue weighted by atomic mass is 16.3. The first kappa shape index (κ1) is 26.5. The minimum absolute atomic E-state index is 0.0417. The smallest absolute Gasteiger partial charge is 0.317 e. The number of carbonyl (C=O) groups is 4. The zero-order valence-electron chi connectivity index (χ0n) is 21.3. The Morgan fingerprint density at radius 1 is 1.14 bits per heavy atom. The fourth-order valence-corrected chi connectivity index (χ4v) is 4.42. The van der Waals surface area contributed by atoms with Crippen molar-refractivity contribution in [2.45, 2.75) is 51.3 Å². The van der Waals surface area contributed by atoms with Crippen LogP contribution >= 0.6 is 0 Å². The molecule has 4 rings (SSSR count). The molecular weight excluding hydrogens is 476 g/mol. The molecule has 1 saturated heterocycles. The Balaban J connectivity index is 1.46. The van der Waals surface area contributed by atoms with Gasteiger partial charge in [-0.05, 0) is 43.2 Å². The van der Waals surface area contributed by atoms with Crippen LogP contribution in [0.25, 0.3) is 10.9 Å². The predicted molar refractivity (Wildman–Crippen MR) is 138 cm³/mol. The molecule has 5 amide bonds. The van der Waals surface area contributed by atoms with Gasteiger partial charge in [-0.2, -0.15) is 0 Å². The van der Waals surface area contributed by atoms with Gasteiger partial charge in [0.05, 0.1) is 6.04 Å². The molecule has 2 aromatic rings. The third kappa shape index (κ3) is 7.00. The Hall–Kier alpha value is -3.60. The Morgan fingerprint density at radius 2 is 1.89 bits per heavy atom. The van der Waals surface area contributed by atoms with Crippen LogP contribution in [0.2, 0.25) is 0 Å². The number of para-hydroxylation sites is 1. The lowest BCUT2D eigenvalue weighted by atomic mass is 10.0. The van der Waals surface area contributed by atoms with E-state index in [-0.39, 0.29) is 18.5 Å². The summed E-state index contributed by atoms with van der Waals surface area (Å²) in [6.07, 6.45) is 0.869. The Bertz CT molecular complexity index is 1110. The number of carbonyl (C=O) groups excluding carboxylic acids is 4. The highest BCUT2D eigenvalue weighted by Crippen LogP contribution is 2.27. The second-order valence-electron chi connectivity index (χ2n) is 10.4. The molecular formula is C26H36N6O5. The molecule has 0 radical (unpaired) electrons. The largest absolute Gasteiger partial charge is 0.381 e. The molecule has 1 saturated carbocycles. The fourth-order valence-electron chi connectivity index (χ4n) is 4.42. The number of aromatic nitrogens is 1. The number of benzene rings is 1. The van der Waals surface area contributed by atoms with E-state index in [1.165, 1.54) is 4.90 Å². The number of H-pyrrole nitrogens is 1. The van der Waals surface area contributed by atoms with Gasteiger partial charge in [-0.25, -0.2) is 4.79 Å². The van der Waals surface area contributed by atoms with Crippen molar-refractivity contribution in [2.75, 3.05) is 26.2 Å². The molecule has 1 unspecified atom stereocenters. The van der Waals surface area contributed by atoms with E-state index in [2.05, 4.69) is 26.3 Å². The normalized spacial score (nSPS) is 17.8. The molecule has 0 bridgehead atoms. The summed E-state index contributed by atoms with van der Waals surface area (Å²) in [4.78, 5) is 55.7. The number of nitrogens with one attached hydrogen (secondary N) is 5. The number of urea groups is 1. The van der Waals surface area contributed by atoms with Gasteiger partial charge in [-0.3, -0.25) is 14.4 Å². The maximum absolute atomic E-state index is 13.4. The van der Waals surface area contributed by atoms with E-state index in [0.29, 0.717) is 37.7 Å². The summed E-state index contributed by atoms with van der Waals surface area (Å²) in [6, 6.07) is 6.93. The first-order valence-corrected chi connectivity index (χ1v) is 12.9. The monoisotopic (exact) mass is 512 g/mol. The summed E-state index contributed by atoms with van der Waals surface area (Å²) in [6.45, 7) is 5.13. The van der Waals surface area contributed by atoms with E-state index >= 15 is 0 Å². The van der Waals surface area contributed by atoms with E-state index in [1.807, 2.05) is 38.1 Å². The number of hydrogen-bond donors (Lipinski definition) is 6. The summed E-state index contributed by atoms with van der Waals surface area (Å²) in [5, 5.41) is 22.7. The van der Waals surface area contributed by atoms with Gasteiger partial charge >= 0.3 is 6.03 Å². The van der Waals surface area contributed by atoms with Crippen LogP contribution in [0.5, 0.6) is 0 Å². The van der Waals surface area contributed by atoms with Gasteiger partial charge in [0.1, 0.15) is 11.7 Å². The van der Waals surface area contributed by atoms with Crippen molar-refractivity contribution in [3.05, 3.63) is 36.0 Å². The maximum atomic E-state index is 13.4. The van der Waals surface area contributed by atoms with Gasteiger partial charge in [-0.15, -0.1) is 0 Å². The van der Waals surface area contributed by atoms with Gasteiger partial charge in [0.25, 0.3) is 11.8 Å². The van der Waals surface area contributed by atoms with Crippen molar-refractivity contribution in [1.29, 1.82) is 0 Å². The minimum atomic E-state index is -1.56. The van der Waals surface area contributed by atoms with Crippen molar-refractivity contribution < 1.29 is 24.3 Å². The number of nitrogens with zero attached hydrogens (tertiary/aromatic N) is 1. The molecule has 1 aliphatic heterocycles.